The highest BCUT2D eigenvalue weighted by molar-refractivity contribution is 6.30. The van der Waals surface area contributed by atoms with Crippen molar-refractivity contribution >= 4 is 29.3 Å². The molecule has 6 atom stereocenters. The van der Waals surface area contributed by atoms with Gasteiger partial charge in [-0.3, -0.25) is 29.1 Å². The first-order chi connectivity index (χ1) is 28.2. The number of aliphatic hydroxyl groups excluding tert-OH is 4. The minimum atomic E-state index is -2.43. The van der Waals surface area contributed by atoms with E-state index < -0.39 is 78.3 Å². The number of carbonyl (C=O) groups is 4. The van der Waals surface area contributed by atoms with Gasteiger partial charge in [0, 0.05) is 74.1 Å². The molecule has 1 fully saturated rings. The number of phenols is 1. The number of aliphatic hydroxyl groups is 5. The number of dihydropyridines is 1. The fraction of sp³-hybridized carbons (Fsp3) is 0.425. The lowest BCUT2D eigenvalue weighted by Gasteiger charge is -2.49. The predicted molar refractivity (Wildman–Crippen MR) is 208 cm³/mol. The van der Waals surface area contributed by atoms with E-state index in [4.69, 9.17) is 25.7 Å². The quantitative estimate of drug-likeness (QED) is 0.0355. The van der Waals surface area contributed by atoms with E-state index in [1.165, 1.54) is 38.4 Å². The Morgan fingerprint density at radius 3 is 2.44 bits per heavy atom. The van der Waals surface area contributed by atoms with Crippen molar-refractivity contribution in [3.8, 4) is 17.2 Å². The summed E-state index contributed by atoms with van der Waals surface area (Å²) in [7, 11) is 2.76. The molecular formula is C40H48N6O13. The lowest BCUT2D eigenvalue weighted by molar-refractivity contribution is -0.316. The van der Waals surface area contributed by atoms with Crippen LogP contribution in [0.5, 0.6) is 17.2 Å². The Morgan fingerprint density at radius 2 is 1.80 bits per heavy atom. The Hall–Kier alpha value is -5.83. The highest BCUT2D eigenvalue weighted by Gasteiger charge is 2.57. The number of allylic oxidation sites excluding steroid dienone is 1. The number of ketones is 2. The van der Waals surface area contributed by atoms with Gasteiger partial charge in [-0.05, 0) is 55.0 Å². The van der Waals surface area contributed by atoms with Crippen molar-refractivity contribution < 1.29 is 64.0 Å². The maximum absolute atomic E-state index is 14.5. The second-order valence-corrected chi connectivity index (χ2v) is 14.6. The van der Waals surface area contributed by atoms with Gasteiger partial charge in [0.15, 0.2) is 11.7 Å². The van der Waals surface area contributed by atoms with Crippen LogP contribution in [0.2, 0.25) is 0 Å². The van der Waals surface area contributed by atoms with Crippen molar-refractivity contribution in [2.24, 2.45) is 22.4 Å². The van der Waals surface area contributed by atoms with Crippen molar-refractivity contribution in [3.05, 3.63) is 87.3 Å². The highest BCUT2D eigenvalue weighted by atomic mass is 16.7. The van der Waals surface area contributed by atoms with Gasteiger partial charge >= 0.3 is 0 Å². The summed E-state index contributed by atoms with van der Waals surface area (Å²) in [5.41, 5.74) is 9.77. The second kappa shape index (κ2) is 17.6. The number of methoxy groups -OCH3 is 1. The fourth-order valence-electron chi connectivity index (χ4n) is 7.81. The maximum Gasteiger partial charge on any atom is 0.253 e. The highest BCUT2D eigenvalue weighted by Crippen LogP contribution is 2.44. The van der Waals surface area contributed by atoms with Crippen LogP contribution >= 0.6 is 0 Å². The number of rotatable bonds is 15. The number of nitrogens with zero attached hydrogens (tertiary/aromatic N) is 2. The van der Waals surface area contributed by atoms with E-state index in [9.17, 15) is 49.8 Å². The van der Waals surface area contributed by atoms with E-state index in [1.807, 2.05) is 0 Å². The molecule has 6 unspecified atom stereocenters. The predicted octanol–water partition coefficient (Wildman–Crippen LogP) is -1.66. The number of phenolic OH excluding ortho intramolecular Hbond substituents is 1. The molecule has 12 N–H and O–H groups in total. The second-order valence-electron chi connectivity index (χ2n) is 14.6. The molecule has 2 aromatic rings. The Bertz CT molecular complexity index is 2130. The molecule has 4 aliphatic rings. The molecule has 19 heteroatoms. The molecular weight excluding hydrogens is 772 g/mol. The number of amides is 2. The lowest BCUT2D eigenvalue weighted by Crippen LogP contribution is -2.68. The molecule has 3 aliphatic heterocycles. The molecule has 1 aliphatic carbocycles. The van der Waals surface area contributed by atoms with Crippen LogP contribution in [0, 0.1) is 5.92 Å². The molecule has 0 radical (unpaired) electrons. The maximum atomic E-state index is 14.5. The summed E-state index contributed by atoms with van der Waals surface area (Å²) in [5, 5.41) is 72.6. The summed E-state index contributed by atoms with van der Waals surface area (Å²) in [6, 6.07) is 4.06. The Morgan fingerprint density at radius 1 is 1.08 bits per heavy atom. The smallest absolute Gasteiger partial charge is 0.253 e. The van der Waals surface area contributed by atoms with E-state index >= 15 is 0 Å². The minimum absolute atomic E-state index is 0.0507. The molecule has 2 aromatic carbocycles. The number of aromatic hydroxyl groups is 1. The molecule has 59 heavy (non-hydrogen) atoms. The van der Waals surface area contributed by atoms with Gasteiger partial charge in [0.2, 0.25) is 12.1 Å². The summed E-state index contributed by atoms with van der Waals surface area (Å²) < 4.78 is 17.4. The standard InChI is InChI=1S/C40H48N6O13/c1-43-39(42)45-16-25-20(5-3-4-10-47)11-23-32(34(25)52)35(53)31-24(33(23)51)13-22(57-2)14-26(31)58-38-36(54)37(55)40(56,27(18-48)59-38)15-21(19-8-9-44-28(41)12-19)17-46-29(49)6-7-30(46)50/h6-8,11-14,21,27,36-38,44,47-48,52,54-56H,3-5,9-10,15-18,41H2,1-2H3,(H3,42,43,45). The van der Waals surface area contributed by atoms with Crippen LogP contribution in [-0.2, 0) is 27.3 Å². The fourth-order valence-corrected chi connectivity index (χ4v) is 7.81. The molecule has 0 aromatic heterocycles. The van der Waals surface area contributed by atoms with Gasteiger partial charge in [-0.2, -0.15) is 0 Å². The SMILES string of the molecule is CN=C(N)NCc1c(CCCCO)cc2c(c1O)C(=O)c1c(OC3OC(CO)C(O)(CC(CN4C(=O)C=CC4=O)C4=CCNC(N)=C4)C(O)C3O)cc(OC)cc1C2=O. The van der Waals surface area contributed by atoms with Crippen LogP contribution < -0.4 is 31.6 Å². The molecule has 0 spiro atoms. The zero-order valence-corrected chi connectivity index (χ0v) is 32.4. The minimum Gasteiger partial charge on any atom is -0.507 e. The molecule has 3 heterocycles. The number of fused-ring (bicyclic) bond motifs is 2. The number of guanidine groups is 1. The Balaban J connectivity index is 1.34. The average Bonchev–Trinajstić information content (AvgIpc) is 3.54. The van der Waals surface area contributed by atoms with E-state index in [0.29, 0.717) is 30.4 Å². The Kier molecular flexibility index (Phi) is 12.7. The Labute approximate surface area is 338 Å². The van der Waals surface area contributed by atoms with Gasteiger partial charge in [-0.15, -0.1) is 0 Å². The summed E-state index contributed by atoms with van der Waals surface area (Å²) in [6.07, 6.45) is -1.44. The molecule has 0 saturated carbocycles. The molecule has 2 amide bonds. The number of hydrogen-bond acceptors (Lipinski definition) is 16. The lowest BCUT2D eigenvalue weighted by atomic mass is 9.75. The first kappa shape index (κ1) is 42.8. The van der Waals surface area contributed by atoms with Gasteiger partial charge in [-0.25, -0.2) is 0 Å². The van der Waals surface area contributed by atoms with Crippen molar-refractivity contribution in [2.75, 3.05) is 40.5 Å². The van der Waals surface area contributed by atoms with Crippen molar-refractivity contribution in [2.45, 2.75) is 62.4 Å². The molecule has 1 saturated heterocycles. The third kappa shape index (κ3) is 8.25. The van der Waals surface area contributed by atoms with Gasteiger partial charge < -0.3 is 67.0 Å². The van der Waals surface area contributed by atoms with E-state index in [2.05, 4.69) is 15.6 Å². The summed E-state index contributed by atoms with van der Waals surface area (Å²) in [5.74, 6) is -4.07. The monoisotopic (exact) mass is 820 g/mol. The number of unbranched alkanes of at least 4 members (excludes halogenated alkanes) is 1. The van der Waals surface area contributed by atoms with E-state index in [0.717, 1.165) is 17.1 Å². The summed E-state index contributed by atoms with van der Waals surface area (Å²) in [6.45, 7) is -1.05. The van der Waals surface area contributed by atoms with Gasteiger partial charge in [0.05, 0.1) is 30.7 Å². The number of imide groups is 1. The van der Waals surface area contributed by atoms with Crippen LogP contribution in [0.1, 0.15) is 62.2 Å². The zero-order chi connectivity index (χ0) is 42.8. The van der Waals surface area contributed by atoms with Gasteiger partial charge in [0.25, 0.3) is 11.8 Å². The van der Waals surface area contributed by atoms with Crippen LogP contribution in [0.25, 0.3) is 0 Å². The number of aryl methyl sites for hydroxylation is 1. The average molecular weight is 821 g/mol. The normalized spacial score (nSPS) is 24.6. The van der Waals surface area contributed by atoms with Crippen LogP contribution in [0.4, 0.5) is 0 Å². The van der Waals surface area contributed by atoms with Gasteiger partial charge in [0.1, 0.15) is 41.2 Å². The number of nitrogens with two attached hydrogens (primary N) is 2. The summed E-state index contributed by atoms with van der Waals surface area (Å²) in [4.78, 5) is 58.6. The number of benzene rings is 2. The summed E-state index contributed by atoms with van der Waals surface area (Å²) >= 11 is 0. The topological polar surface area (TPSA) is 309 Å². The van der Waals surface area contributed by atoms with E-state index in [-0.39, 0.29) is 77.3 Å². The van der Waals surface area contributed by atoms with Crippen LogP contribution in [0.3, 0.4) is 0 Å². The van der Waals surface area contributed by atoms with Crippen molar-refractivity contribution in [3.63, 3.8) is 0 Å². The number of hydrogen-bond donors (Lipinski definition) is 10. The number of ether oxygens (including phenoxy) is 3. The number of carbonyl (C=O) groups excluding carboxylic acids is 4. The number of nitrogens with one attached hydrogen (secondary N) is 2. The molecule has 6 rings (SSSR count). The molecule has 0 bridgehead atoms. The van der Waals surface area contributed by atoms with Crippen LogP contribution in [-0.4, -0.2) is 136 Å². The number of aliphatic imine (C=N–C) groups is 1. The van der Waals surface area contributed by atoms with Gasteiger partial charge in [-0.1, -0.05) is 6.08 Å². The van der Waals surface area contributed by atoms with Crippen LogP contribution in [0.15, 0.2) is 58.9 Å². The first-order valence-corrected chi connectivity index (χ1v) is 18.9. The van der Waals surface area contributed by atoms with Crippen molar-refractivity contribution in [1.82, 2.24) is 15.5 Å². The third-order valence-corrected chi connectivity index (χ3v) is 11.0. The largest absolute Gasteiger partial charge is 0.507 e. The van der Waals surface area contributed by atoms with Crippen molar-refractivity contribution in [1.29, 1.82) is 0 Å². The molecule has 19 nitrogen and oxygen atoms in total. The first-order valence-electron chi connectivity index (χ1n) is 18.9. The molecule has 316 valence electrons. The van der Waals surface area contributed by atoms with E-state index in [1.54, 1.807) is 6.08 Å². The third-order valence-electron chi connectivity index (χ3n) is 11.0. The zero-order valence-electron chi connectivity index (χ0n) is 32.4.